The molecule has 3 heteroatoms. The van der Waals surface area contributed by atoms with Crippen LogP contribution in [-0.4, -0.2) is 37.7 Å². The van der Waals surface area contributed by atoms with Crippen molar-refractivity contribution in [1.82, 2.24) is 4.90 Å². The highest BCUT2D eigenvalue weighted by Gasteiger charge is 2.18. The summed E-state index contributed by atoms with van der Waals surface area (Å²) >= 11 is 0. The predicted molar refractivity (Wildman–Crippen MR) is 83.8 cm³/mol. The van der Waals surface area contributed by atoms with Crippen LogP contribution in [0, 0.1) is 0 Å². The van der Waals surface area contributed by atoms with Gasteiger partial charge in [-0.15, -0.1) is 0 Å². The fraction of sp³-hybridized carbons (Fsp3) is 0.647. The molecule has 20 heavy (non-hydrogen) atoms. The summed E-state index contributed by atoms with van der Waals surface area (Å²) in [5.41, 5.74) is 8.24. The van der Waals surface area contributed by atoms with Gasteiger partial charge in [0.15, 0.2) is 0 Å². The minimum Gasteiger partial charge on any atom is -0.375 e. The Morgan fingerprint density at radius 1 is 1.30 bits per heavy atom. The van der Waals surface area contributed by atoms with Gasteiger partial charge in [0, 0.05) is 6.04 Å². The van der Waals surface area contributed by atoms with Gasteiger partial charge in [0.25, 0.3) is 0 Å². The third kappa shape index (κ3) is 4.30. The van der Waals surface area contributed by atoms with Crippen LogP contribution in [0.5, 0.6) is 0 Å². The maximum Gasteiger partial charge on any atom is 0.0717 e. The molecule has 1 aliphatic heterocycles. The summed E-state index contributed by atoms with van der Waals surface area (Å²) in [6.07, 6.45) is 3.93. The molecule has 0 radical (unpaired) electrons. The van der Waals surface area contributed by atoms with Crippen molar-refractivity contribution >= 4 is 0 Å². The highest BCUT2D eigenvalue weighted by molar-refractivity contribution is 5.24. The predicted octanol–water partition coefficient (Wildman–Crippen LogP) is 2.75. The number of likely N-dealkylation sites (tertiary alicyclic amines) is 1. The maximum atomic E-state index is 5.89. The number of benzene rings is 1. The number of hydrogen-bond acceptors (Lipinski definition) is 3. The van der Waals surface area contributed by atoms with E-state index < -0.39 is 0 Å². The van der Waals surface area contributed by atoms with Gasteiger partial charge < -0.3 is 15.4 Å². The van der Waals surface area contributed by atoms with Gasteiger partial charge in [-0.3, -0.25) is 0 Å². The lowest BCUT2D eigenvalue weighted by Gasteiger charge is -2.32. The Balaban J connectivity index is 1.76. The van der Waals surface area contributed by atoms with E-state index in [9.17, 15) is 0 Å². The fourth-order valence-corrected chi connectivity index (χ4v) is 2.75. The zero-order chi connectivity index (χ0) is 14.4. The third-order valence-corrected chi connectivity index (χ3v) is 4.40. The second-order valence-corrected chi connectivity index (χ2v) is 6.02. The molecule has 1 fully saturated rings. The van der Waals surface area contributed by atoms with Crippen molar-refractivity contribution in [3.8, 4) is 0 Å². The van der Waals surface area contributed by atoms with E-state index >= 15 is 0 Å². The molecule has 0 spiro atoms. The lowest BCUT2D eigenvalue weighted by Crippen LogP contribution is -2.39. The number of rotatable bonds is 6. The molecule has 1 aromatic carbocycles. The van der Waals surface area contributed by atoms with Gasteiger partial charge in [0.2, 0.25) is 0 Å². The molecule has 112 valence electrons. The first-order valence-corrected chi connectivity index (χ1v) is 7.77. The first kappa shape index (κ1) is 15.5. The van der Waals surface area contributed by atoms with E-state index in [-0.39, 0.29) is 0 Å². The molecule has 3 nitrogen and oxygen atoms in total. The van der Waals surface area contributed by atoms with Crippen molar-refractivity contribution in [2.75, 3.05) is 26.7 Å². The average Bonchev–Trinajstić information content (AvgIpc) is 2.49. The molecule has 1 aliphatic rings. The van der Waals surface area contributed by atoms with Crippen LogP contribution in [0.4, 0.5) is 0 Å². The molecular formula is C17H28N2O. The molecular weight excluding hydrogens is 248 g/mol. The topological polar surface area (TPSA) is 38.5 Å². The van der Waals surface area contributed by atoms with Gasteiger partial charge in [0.1, 0.15) is 0 Å². The van der Waals surface area contributed by atoms with Crippen LogP contribution in [0.3, 0.4) is 0 Å². The molecule has 1 heterocycles. The number of nitrogens with two attached hydrogens (primary N) is 1. The molecule has 2 atom stereocenters. The van der Waals surface area contributed by atoms with Crippen LogP contribution in [0.15, 0.2) is 24.3 Å². The maximum absolute atomic E-state index is 5.89. The number of piperidine rings is 1. The van der Waals surface area contributed by atoms with Crippen molar-refractivity contribution in [3.63, 3.8) is 0 Å². The van der Waals surface area contributed by atoms with E-state index in [0.29, 0.717) is 25.1 Å². The van der Waals surface area contributed by atoms with Gasteiger partial charge in [-0.25, -0.2) is 0 Å². The van der Waals surface area contributed by atoms with Crippen LogP contribution in [0.1, 0.15) is 43.2 Å². The van der Waals surface area contributed by atoms with Crippen molar-refractivity contribution in [1.29, 1.82) is 0 Å². The first-order chi connectivity index (χ1) is 9.70. The van der Waals surface area contributed by atoms with Crippen LogP contribution in [-0.2, 0) is 11.3 Å². The van der Waals surface area contributed by atoms with Gasteiger partial charge in [-0.05, 0) is 50.0 Å². The van der Waals surface area contributed by atoms with Gasteiger partial charge in [-0.2, -0.15) is 0 Å². The monoisotopic (exact) mass is 276 g/mol. The summed E-state index contributed by atoms with van der Waals surface area (Å²) in [6, 6.07) is 9.25. The van der Waals surface area contributed by atoms with E-state index in [0.717, 1.165) is 6.61 Å². The van der Waals surface area contributed by atoms with E-state index in [2.05, 4.69) is 43.1 Å². The summed E-state index contributed by atoms with van der Waals surface area (Å²) in [5.74, 6) is 0.431. The van der Waals surface area contributed by atoms with Gasteiger partial charge >= 0.3 is 0 Å². The zero-order valence-electron chi connectivity index (χ0n) is 12.8. The normalized spacial score (nSPS) is 21.9. The number of ether oxygens (including phenoxy) is 1. The van der Waals surface area contributed by atoms with Crippen molar-refractivity contribution in [2.24, 2.45) is 5.73 Å². The SMILES string of the molecule is CC(CN)c1ccc(COCC2CCCCN2C)cc1. The van der Waals surface area contributed by atoms with E-state index in [1.807, 2.05) is 0 Å². The van der Waals surface area contributed by atoms with Crippen LogP contribution < -0.4 is 5.73 Å². The first-order valence-electron chi connectivity index (χ1n) is 7.77. The van der Waals surface area contributed by atoms with Crippen molar-refractivity contribution in [2.45, 2.75) is 44.8 Å². The quantitative estimate of drug-likeness (QED) is 0.868. The highest BCUT2D eigenvalue weighted by atomic mass is 16.5. The smallest absolute Gasteiger partial charge is 0.0717 e. The molecule has 0 bridgehead atoms. The second kappa shape index (κ2) is 7.77. The Hall–Kier alpha value is -0.900. The van der Waals surface area contributed by atoms with Crippen LogP contribution in [0.25, 0.3) is 0 Å². The van der Waals surface area contributed by atoms with Crippen LogP contribution in [0.2, 0.25) is 0 Å². The molecule has 0 amide bonds. The molecule has 1 saturated heterocycles. The molecule has 0 saturated carbocycles. The van der Waals surface area contributed by atoms with Crippen molar-refractivity contribution in [3.05, 3.63) is 35.4 Å². The van der Waals surface area contributed by atoms with E-state index in [4.69, 9.17) is 10.5 Å². The Morgan fingerprint density at radius 2 is 2.05 bits per heavy atom. The fourth-order valence-electron chi connectivity index (χ4n) is 2.75. The number of likely N-dealkylation sites (N-methyl/N-ethyl adjacent to an activating group) is 1. The summed E-state index contributed by atoms with van der Waals surface area (Å²) in [6.45, 7) is 5.62. The second-order valence-electron chi connectivity index (χ2n) is 6.02. The Bertz CT molecular complexity index is 390. The summed E-state index contributed by atoms with van der Waals surface area (Å²) in [7, 11) is 2.20. The summed E-state index contributed by atoms with van der Waals surface area (Å²) in [5, 5.41) is 0. The standard InChI is InChI=1S/C17H28N2O/c1-14(11-18)16-8-6-15(7-9-16)12-20-13-17-5-3-4-10-19(17)2/h6-9,14,17H,3-5,10-13,18H2,1-2H3. The minimum absolute atomic E-state index is 0.431. The number of nitrogens with zero attached hydrogens (tertiary/aromatic N) is 1. The average molecular weight is 276 g/mol. The molecule has 2 N–H and O–H groups in total. The highest BCUT2D eigenvalue weighted by Crippen LogP contribution is 2.17. The largest absolute Gasteiger partial charge is 0.375 e. The lowest BCUT2D eigenvalue weighted by atomic mass is 10.0. The Labute approximate surface area is 123 Å². The molecule has 0 aromatic heterocycles. The minimum atomic E-state index is 0.431. The lowest BCUT2D eigenvalue weighted by molar-refractivity contribution is 0.0444. The molecule has 0 aliphatic carbocycles. The van der Waals surface area contributed by atoms with E-state index in [1.165, 1.54) is 36.9 Å². The summed E-state index contributed by atoms with van der Waals surface area (Å²) < 4.78 is 5.89. The van der Waals surface area contributed by atoms with E-state index in [1.54, 1.807) is 0 Å². The Morgan fingerprint density at radius 3 is 2.70 bits per heavy atom. The molecule has 2 rings (SSSR count). The molecule has 1 aromatic rings. The Kier molecular flexibility index (Phi) is 6.02. The van der Waals surface area contributed by atoms with Gasteiger partial charge in [-0.1, -0.05) is 37.6 Å². The summed E-state index contributed by atoms with van der Waals surface area (Å²) in [4.78, 5) is 2.43. The third-order valence-electron chi connectivity index (χ3n) is 4.40. The van der Waals surface area contributed by atoms with Crippen LogP contribution >= 0.6 is 0 Å². The number of hydrogen-bond donors (Lipinski definition) is 1. The van der Waals surface area contributed by atoms with Gasteiger partial charge in [0.05, 0.1) is 13.2 Å². The van der Waals surface area contributed by atoms with Crippen molar-refractivity contribution < 1.29 is 4.74 Å². The zero-order valence-corrected chi connectivity index (χ0v) is 12.8. The molecule has 2 unspecified atom stereocenters.